The van der Waals surface area contributed by atoms with Crippen molar-refractivity contribution in [3.05, 3.63) is 83.7 Å². The molecule has 1 saturated carbocycles. The van der Waals surface area contributed by atoms with Crippen LogP contribution in [0.1, 0.15) is 17.9 Å². The average molecular weight is 370 g/mol. The van der Waals surface area contributed by atoms with Gasteiger partial charge in [0.05, 0.1) is 5.69 Å². The molecule has 1 aliphatic carbocycles. The molecule has 0 bridgehead atoms. The molecule has 132 valence electrons. The molecule has 1 heterocycles. The summed E-state index contributed by atoms with van der Waals surface area (Å²) in [6.07, 6.45) is 0.914. The van der Waals surface area contributed by atoms with Crippen molar-refractivity contribution in [2.75, 3.05) is 5.32 Å². The van der Waals surface area contributed by atoms with Crippen LogP contribution in [-0.2, 0) is 4.79 Å². The van der Waals surface area contributed by atoms with Crippen LogP contribution in [0.15, 0.2) is 78.2 Å². The van der Waals surface area contributed by atoms with E-state index in [2.05, 4.69) is 46.7 Å². The van der Waals surface area contributed by atoms with Crippen LogP contribution in [0.5, 0.6) is 0 Å². The second kappa shape index (κ2) is 6.63. The highest BCUT2D eigenvalue weighted by molar-refractivity contribution is 7.14. The molecule has 4 aromatic rings. The summed E-state index contributed by atoms with van der Waals surface area (Å²) in [6.45, 7) is 0. The molecule has 5 rings (SSSR count). The Morgan fingerprint density at radius 3 is 2.63 bits per heavy atom. The minimum atomic E-state index is 0.0531. The van der Waals surface area contributed by atoms with Gasteiger partial charge in [-0.15, -0.1) is 11.3 Å². The SMILES string of the molecule is O=C(Nc1nc(-c2cccc3ccccc23)cs1)[C@H]1C[C@@H]1c1ccccc1. The van der Waals surface area contributed by atoms with Gasteiger partial charge in [0.2, 0.25) is 5.91 Å². The molecule has 1 N–H and O–H groups in total. The van der Waals surface area contributed by atoms with Crippen molar-refractivity contribution < 1.29 is 4.79 Å². The standard InChI is InChI=1S/C23H18N2OS/c26-22(20-13-19(20)16-7-2-1-3-8-16)25-23-24-21(14-27-23)18-12-6-10-15-9-4-5-11-17(15)18/h1-12,14,19-20H,13H2,(H,24,25,26)/t19-,20+/m1/s1. The van der Waals surface area contributed by atoms with E-state index in [1.165, 1.54) is 27.7 Å². The fourth-order valence-electron chi connectivity index (χ4n) is 3.66. The normalized spacial score (nSPS) is 18.4. The van der Waals surface area contributed by atoms with Gasteiger partial charge in [-0.2, -0.15) is 0 Å². The smallest absolute Gasteiger partial charge is 0.229 e. The molecule has 1 amide bonds. The lowest BCUT2D eigenvalue weighted by Crippen LogP contribution is -2.14. The molecule has 3 nitrogen and oxygen atoms in total. The lowest BCUT2D eigenvalue weighted by molar-refractivity contribution is -0.117. The predicted molar refractivity (Wildman–Crippen MR) is 111 cm³/mol. The van der Waals surface area contributed by atoms with Gasteiger partial charge in [0.15, 0.2) is 5.13 Å². The summed E-state index contributed by atoms with van der Waals surface area (Å²) in [5.41, 5.74) is 3.24. The minimum Gasteiger partial charge on any atom is -0.302 e. The number of hydrogen-bond donors (Lipinski definition) is 1. The maximum absolute atomic E-state index is 12.6. The molecule has 2 atom stereocenters. The van der Waals surface area contributed by atoms with Crippen LogP contribution in [-0.4, -0.2) is 10.9 Å². The molecule has 1 aliphatic rings. The number of anilines is 1. The van der Waals surface area contributed by atoms with E-state index in [0.717, 1.165) is 17.7 Å². The zero-order valence-corrected chi connectivity index (χ0v) is 15.4. The molecule has 0 unspecified atom stereocenters. The molecule has 4 heteroatoms. The summed E-state index contributed by atoms with van der Waals surface area (Å²) in [5, 5.41) is 8.06. The van der Waals surface area contributed by atoms with Crippen LogP contribution in [0.3, 0.4) is 0 Å². The molecular weight excluding hydrogens is 352 g/mol. The highest BCUT2D eigenvalue weighted by atomic mass is 32.1. The van der Waals surface area contributed by atoms with Gasteiger partial charge in [-0.3, -0.25) is 4.79 Å². The van der Waals surface area contributed by atoms with Crippen molar-refractivity contribution in [2.24, 2.45) is 5.92 Å². The third kappa shape index (κ3) is 3.13. The van der Waals surface area contributed by atoms with Crippen molar-refractivity contribution in [1.29, 1.82) is 0 Å². The van der Waals surface area contributed by atoms with Crippen LogP contribution in [0.4, 0.5) is 5.13 Å². The van der Waals surface area contributed by atoms with Crippen LogP contribution >= 0.6 is 11.3 Å². The first kappa shape index (κ1) is 16.2. The van der Waals surface area contributed by atoms with Crippen molar-refractivity contribution in [2.45, 2.75) is 12.3 Å². The van der Waals surface area contributed by atoms with E-state index in [4.69, 9.17) is 0 Å². The van der Waals surface area contributed by atoms with Gasteiger partial charge in [-0.1, -0.05) is 72.8 Å². The number of thiazole rings is 1. The molecule has 1 fully saturated rings. The average Bonchev–Trinajstić information content (AvgIpc) is 3.40. The lowest BCUT2D eigenvalue weighted by atomic mass is 10.0. The topological polar surface area (TPSA) is 42.0 Å². The summed E-state index contributed by atoms with van der Waals surface area (Å²) >= 11 is 1.48. The van der Waals surface area contributed by atoms with E-state index in [1.54, 1.807) is 0 Å². The van der Waals surface area contributed by atoms with Gasteiger partial charge in [0.25, 0.3) is 0 Å². The Kier molecular flexibility index (Phi) is 3.98. The lowest BCUT2D eigenvalue weighted by Gasteiger charge is -2.04. The Morgan fingerprint density at radius 1 is 0.963 bits per heavy atom. The monoisotopic (exact) mass is 370 g/mol. The van der Waals surface area contributed by atoms with Gasteiger partial charge in [0, 0.05) is 16.9 Å². The van der Waals surface area contributed by atoms with Crippen molar-refractivity contribution in [3.8, 4) is 11.3 Å². The van der Waals surface area contributed by atoms with Gasteiger partial charge in [-0.25, -0.2) is 4.98 Å². The first-order valence-electron chi connectivity index (χ1n) is 9.09. The highest BCUT2D eigenvalue weighted by Crippen LogP contribution is 2.48. The Morgan fingerprint density at radius 2 is 1.74 bits per heavy atom. The van der Waals surface area contributed by atoms with E-state index in [9.17, 15) is 4.79 Å². The number of aromatic nitrogens is 1. The zero-order chi connectivity index (χ0) is 18.2. The number of rotatable bonds is 4. The number of carbonyl (C=O) groups excluding carboxylic acids is 1. The molecule has 0 saturated heterocycles. The largest absolute Gasteiger partial charge is 0.302 e. The predicted octanol–water partition coefficient (Wildman–Crippen LogP) is 5.71. The summed E-state index contributed by atoms with van der Waals surface area (Å²) < 4.78 is 0. The highest BCUT2D eigenvalue weighted by Gasteiger charge is 2.44. The summed E-state index contributed by atoms with van der Waals surface area (Å²) in [4.78, 5) is 17.2. The van der Waals surface area contributed by atoms with E-state index in [-0.39, 0.29) is 11.8 Å². The first-order valence-corrected chi connectivity index (χ1v) is 9.97. The van der Waals surface area contributed by atoms with E-state index >= 15 is 0 Å². The Bertz CT molecular complexity index is 1110. The molecule has 1 aromatic heterocycles. The van der Waals surface area contributed by atoms with Crippen LogP contribution in [0.2, 0.25) is 0 Å². The van der Waals surface area contributed by atoms with Gasteiger partial charge < -0.3 is 5.32 Å². The minimum absolute atomic E-state index is 0.0531. The fourth-order valence-corrected chi connectivity index (χ4v) is 4.37. The quantitative estimate of drug-likeness (QED) is 0.500. The number of benzene rings is 3. The third-order valence-electron chi connectivity index (χ3n) is 5.15. The summed E-state index contributed by atoms with van der Waals surface area (Å²) in [5.74, 6) is 0.462. The molecule has 0 spiro atoms. The molecule has 27 heavy (non-hydrogen) atoms. The Labute approximate surface area is 161 Å². The number of nitrogens with zero attached hydrogens (tertiary/aromatic N) is 1. The van der Waals surface area contributed by atoms with Crippen LogP contribution in [0, 0.1) is 5.92 Å². The van der Waals surface area contributed by atoms with Crippen molar-refractivity contribution in [3.63, 3.8) is 0 Å². The Balaban J connectivity index is 1.34. The molecule has 0 radical (unpaired) electrons. The molecular formula is C23H18N2OS. The van der Waals surface area contributed by atoms with Crippen molar-refractivity contribution in [1.82, 2.24) is 4.98 Å². The van der Waals surface area contributed by atoms with Gasteiger partial charge in [0.1, 0.15) is 0 Å². The second-order valence-electron chi connectivity index (χ2n) is 6.91. The maximum Gasteiger partial charge on any atom is 0.229 e. The summed E-state index contributed by atoms with van der Waals surface area (Å²) in [7, 11) is 0. The van der Waals surface area contributed by atoms with Gasteiger partial charge >= 0.3 is 0 Å². The number of nitrogens with one attached hydrogen (secondary N) is 1. The number of hydrogen-bond acceptors (Lipinski definition) is 3. The zero-order valence-electron chi connectivity index (χ0n) is 14.6. The number of amides is 1. The van der Waals surface area contributed by atoms with Crippen LogP contribution in [0.25, 0.3) is 22.0 Å². The Hall–Kier alpha value is -2.98. The first-order chi connectivity index (χ1) is 13.3. The second-order valence-corrected chi connectivity index (χ2v) is 7.77. The van der Waals surface area contributed by atoms with Crippen LogP contribution < -0.4 is 5.32 Å². The fraction of sp³-hybridized carbons (Fsp3) is 0.130. The molecule has 3 aromatic carbocycles. The third-order valence-corrected chi connectivity index (χ3v) is 5.91. The van der Waals surface area contributed by atoms with E-state index < -0.39 is 0 Å². The number of fused-ring (bicyclic) bond motifs is 1. The summed E-state index contributed by atoms with van der Waals surface area (Å²) in [6, 6.07) is 24.8. The van der Waals surface area contributed by atoms with E-state index in [1.807, 2.05) is 41.8 Å². The molecule has 0 aliphatic heterocycles. The van der Waals surface area contributed by atoms with Gasteiger partial charge in [-0.05, 0) is 28.7 Å². The van der Waals surface area contributed by atoms with Crippen molar-refractivity contribution >= 4 is 33.1 Å². The van der Waals surface area contributed by atoms with E-state index in [0.29, 0.717) is 11.0 Å². The maximum atomic E-state index is 12.6. The number of carbonyl (C=O) groups is 1.